The van der Waals surface area contributed by atoms with Crippen molar-refractivity contribution >= 4 is 42.2 Å². The summed E-state index contributed by atoms with van der Waals surface area (Å²) in [5.41, 5.74) is 10.4. The molecule has 0 saturated heterocycles. The molecule has 4 atom stereocenters. The lowest BCUT2D eigenvalue weighted by atomic mass is 10.2. The molecule has 0 radical (unpaired) electrons. The number of amides is 4. The van der Waals surface area contributed by atoms with Crippen molar-refractivity contribution < 1.29 is 34.2 Å². The van der Waals surface area contributed by atoms with Crippen LogP contribution in [0.5, 0.6) is 0 Å². The largest absolute Gasteiger partial charge is 0.480 e. The molecule has 13 heteroatoms. The predicted octanol–water partition coefficient (Wildman–Crippen LogP) is -4.33. The highest BCUT2D eigenvalue weighted by Gasteiger charge is 2.26. The van der Waals surface area contributed by atoms with E-state index in [1.54, 1.807) is 0 Å². The molecule has 0 aromatic carbocycles. The Balaban J connectivity index is 4.58. The van der Waals surface area contributed by atoms with Crippen LogP contribution in [0.1, 0.15) is 13.3 Å². The van der Waals surface area contributed by atoms with E-state index in [2.05, 4.69) is 23.3 Å². The van der Waals surface area contributed by atoms with Crippen molar-refractivity contribution in [1.29, 1.82) is 0 Å². The van der Waals surface area contributed by atoms with Gasteiger partial charge in [0, 0.05) is 5.75 Å². The molecule has 0 spiro atoms. The Hall–Kier alpha value is -2.38. The molecule has 26 heavy (non-hydrogen) atoms. The molecule has 0 aliphatic carbocycles. The first-order valence-corrected chi connectivity index (χ1v) is 8.05. The monoisotopic (exact) mass is 393 g/mol. The number of aliphatic hydroxyl groups excluding tert-OH is 1. The van der Waals surface area contributed by atoms with Gasteiger partial charge in [-0.15, -0.1) is 0 Å². The fourth-order valence-electron chi connectivity index (χ4n) is 1.69. The van der Waals surface area contributed by atoms with Crippen LogP contribution in [0.4, 0.5) is 0 Å². The number of rotatable bonds is 11. The Morgan fingerprint density at radius 2 is 1.69 bits per heavy atom. The van der Waals surface area contributed by atoms with E-state index in [4.69, 9.17) is 16.6 Å². The second-order valence-electron chi connectivity index (χ2n) is 5.36. The number of nitrogens with one attached hydrogen (secondary N) is 3. The molecule has 4 unspecified atom stereocenters. The summed E-state index contributed by atoms with van der Waals surface area (Å²) in [6.07, 6.45) is -1.76. The highest BCUT2D eigenvalue weighted by Crippen LogP contribution is 1.95. The van der Waals surface area contributed by atoms with Crippen LogP contribution in [-0.4, -0.2) is 76.3 Å². The Morgan fingerprint density at radius 1 is 1.12 bits per heavy atom. The molecular formula is C13H23N5O7S. The summed E-state index contributed by atoms with van der Waals surface area (Å²) >= 11 is 3.90. The van der Waals surface area contributed by atoms with E-state index >= 15 is 0 Å². The molecule has 0 fully saturated rings. The molecule has 148 valence electrons. The van der Waals surface area contributed by atoms with Gasteiger partial charge in [0.25, 0.3) is 0 Å². The topological polar surface area (TPSA) is 214 Å². The number of aliphatic carboxylic acids is 1. The van der Waals surface area contributed by atoms with Crippen molar-refractivity contribution in [2.45, 2.75) is 37.6 Å². The maximum atomic E-state index is 12.0. The molecule has 0 aromatic heterocycles. The molecule has 9 N–H and O–H groups in total. The van der Waals surface area contributed by atoms with Crippen LogP contribution >= 0.6 is 12.6 Å². The Morgan fingerprint density at radius 3 is 2.12 bits per heavy atom. The average molecular weight is 393 g/mol. The summed E-state index contributed by atoms with van der Waals surface area (Å²) in [7, 11) is 0. The fourth-order valence-corrected chi connectivity index (χ4v) is 1.94. The van der Waals surface area contributed by atoms with Crippen LogP contribution in [0.3, 0.4) is 0 Å². The highest BCUT2D eigenvalue weighted by atomic mass is 32.1. The minimum atomic E-state index is -1.54. The van der Waals surface area contributed by atoms with E-state index in [1.807, 2.05) is 5.32 Å². The summed E-state index contributed by atoms with van der Waals surface area (Å²) in [4.78, 5) is 57.0. The van der Waals surface area contributed by atoms with Crippen LogP contribution in [-0.2, 0) is 24.0 Å². The van der Waals surface area contributed by atoms with Gasteiger partial charge in [0.15, 0.2) is 6.04 Å². The number of carboxylic acids is 1. The van der Waals surface area contributed by atoms with Gasteiger partial charge >= 0.3 is 5.97 Å². The fraction of sp³-hybridized carbons (Fsp3) is 0.615. The van der Waals surface area contributed by atoms with Crippen molar-refractivity contribution in [3.8, 4) is 0 Å². The number of hydrogen-bond acceptors (Lipinski definition) is 8. The number of carbonyl (C=O) groups is 5. The van der Waals surface area contributed by atoms with Crippen LogP contribution in [0.2, 0.25) is 0 Å². The van der Waals surface area contributed by atoms with Crippen LogP contribution in [0.25, 0.3) is 0 Å². The Labute approximate surface area is 154 Å². The van der Waals surface area contributed by atoms with Crippen molar-refractivity contribution in [1.82, 2.24) is 16.0 Å². The van der Waals surface area contributed by atoms with E-state index in [-0.39, 0.29) is 5.75 Å². The van der Waals surface area contributed by atoms with Gasteiger partial charge in [0.2, 0.25) is 23.6 Å². The normalized spacial score (nSPS) is 15.1. The third kappa shape index (κ3) is 8.64. The first kappa shape index (κ1) is 23.6. The van der Waals surface area contributed by atoms with E-state index in [9.17, 15) is 29.1 Å². The van der Waals surface area contributed by atoms with Gasteiger partial charge in [0.05, 0.1) is 25.1 Å². The SMILES string of the molecule is CC(O)C(NC(=O)CNC(=O)C(CS)NC(=O)C(N)CC(N)=O)C(=O)O. The summed E-state index contributed by atoms with van der Waals surface area (Å²) in [6, 6.07) is -3.93. The summed E-state index contributed by atoms with van der Waals surface area (Å²) in [5.74, 6) is -4.80. The molecule has 0 aliphatic heterocycles. The van der Waals surface area contributed by atoms with Gasteiger partial charge in [-0.1, -0.05) is 0 Å². The van der Waals surface area contributed by atoms with Gasteiger partial charge in [0.1, 0.15) is 6.04 Å². The van der Waals surface area contributed by atoms with Gasteiger partial charge in [-0.3, -0.25) is 19.2 Å². The van der Waals surface area contributed by atoms with Crippen molar-refractivity contribution in [3.05, 3.63) is 0 Å². The molecule has 0 aromatic rings. The number of carbonyl (C=O) groups excluding carboxylic acids is 4. The first-order valence-electron chi connectivity index (χ1n) is 7.42. The number of aliphatic hydroxyl groups is 1. The average Bonchev–Trinajstić information content (AvgIpc) is 2.53. The lowest BCUT2D eigenvalue weighted by Crippen LogP contribution is -2.55. The quantitative estimate of drug-likeness (QED) is 0.160. The minimum Gasteiger partial charge on any atom is -0.480 e. The van der Waals surface area contributed by atoms with Crippen molar-refractivity contribution in [3.63, 3.8) is 0 Å². The zero-order valence-electron chi connectivity index (χ0n) is 14.0. The standard InChI is InChI=1S/C13H23N5O7S/c1-5(19)10(13(24)25)18-9(21)3-16-12(23)7(4-26)17-11(22)6(14)2-8(15)20/h5-7,10,19,26H,2-4,14H2,1H3,(H2,15,20)(H,16,23)(H,17,22)(H,18,21)(H,24,25). The smallest absolute Gasteiger partial charge is 0.328 e. The summed E-state index contributed by atoms with van der Waals surface area (Å²) in [5, 5.41) is 24.6. The molecule has 0 rings (SSSR count). The number of hydrogen-bond donors (Lipinski definition) is 8. The van der Waals surface area contributed by atoms with E-state index < -0.39 is 66.8 Å². The maximum Gasteiger partial charge on any atom is 0.328 e. The van der Waals surface area contributed by atoms with Gasteiger partial charge in [-0.2, -0.15) is 12.6 Å². The maximum absolute atomic E-state index is 12.0. The van der Waals surface area contributed by atoms with Crippen LogP contribution < -0.4 is 27.4 Å². The second-order valence-corrected chi connectivity index (χ2v) is 5.73. The summed E-state index contributed by atoms with van der Waals surface area (Å²) in [6.45, 7) is 0.586. The summed E-state index contributed by atoms with van der Waals surface area (Å²) < 4.78 is 0. The van der Waals surface area contributed by atoms with Crippen molar-refractivity contribution in [2.75, 3.05) is 12.3 Å². The van der Waals surface area contributed by atoms with Crippen LogP contribution in [0, 0.1) is 0 Å². The third-order valence-corrected chi connectivity index (χ3v) is 3.43. The Bertz CT molecular complexity index is 557. The molecule has 4 amide bonds. The third-order valence-electron chi connectivity index (χ3n) is 3.06. The lowest BCUT2D eigenvalue weighted by Gasteiger charge is -2.20. The lowest BCUT2D eigenvalue weighted by molar-refractivity contribution is -0.144. The van der Waals surface area contributed by atoms with Crippen molar-refractivity contribution in [2.24, 2.45) is 11.5 Å². The highest BCUT2D eigenvalue weighted by molar-refractivity contribution is 7.80. The molecular weight excluding hydrogens is 370 g/mol. The number of carboxylic acid groups (broad SMARTS) is 1. The first-order chi connectivity index (χ1) is 12.0. The zero-order chi connectivity index (χ0) is 20.4. The van der Waals surface area contributed by atoms with Gasteiger partial charge in [-0.25, -0.2) is 4.79 Å². The number of nitrogens with two attached hydrogens (primary N) is 2. The van der Waals surface area contributed by atoms with Crippen LogP contribution in [0.15, 0.2) is 0 Å². The zero-order valence-corrected chi connectivity index (χ0v) is 14.9. The predicted molar refractivity (Wildman–Crippen MR) is 91.8 cm³/mol. The van der Waals surface area contributed by atoms with E-state index in [0.717, 1.165) is 0 Å². The molecule has 0 heterocycles. The molecule has 12 nitrogen and oxygen atoms in total. The molecule has 0 saturated carbocycles. The number of thiol groups is 1. The minimum absolute atomic E-state index is 0.131. The molecule has 0 aliphatic rings. The number of primary amides is 1. The van der Waals surface area contributed by atoms with Gasteiger partial charge < -0.3 is 37.6 Å². The van der Waals surface area contributed by atoms with E-state index in [1.165, 1.54) is 6.92 Å². The van der Waals surface area contributed by atoms with Gasteiger partial charge in [-0.05, 0) is 6.92 Å². The van der Waals surface area contributed by atoms with E-state index in [0.29, 0.717) is 0 Å². The second kappa shape index (κ2) is 11.3. The molecule has 0 bridgehead atoms. The Kier molecular flexibility index (Phi) is 10.2.